The highest BCUT2D eigenvalue weighted by Crippen LogP contribution is 2.37. The van der Waals surface area contributed by atoms with Crippen molar-refractivity contribution in [3.8, 4) is 0 Å². The Morgan fingerprint density at radius 3 is 2.71 bits per heavy atom. The van der Waals surface area contributed by atoms with E-state index in [-0.39, 0.29) is 11.2 Å². The minimum atomic E-state index is -0.127. The third-order valence-electron chi connectivity index (χ3n) is 3.21. The normalized spacial score (nSPS) is 26.2. The van der Waals surface area contributed by atoms with Gasteiger partial charge in [0.2, 0.25) is 5.89 Å². The van der Waals surface area contributed by atoms with Crippen LogP contribution in [-0.2, 0) is 11.2 Å². The van der Waals surface area contributed by atoms with Crippen LogP contribution in [0.3, 0.4) is 0 Å². The zero-order valence-electron chi connectivity index (χ0n) is 11.0. The molecule has 1 aromatic rings. The average Bonchev–Trinajstić information content (AvgIpc) is 2.72. The molecule has 5 nitrogen and oxygen atoms in total. The van der Waals surface area contributed by atoms with Gasteiger partial charge in [0.05, 0.1) is 11.2 Å². The Bertz CT molecular complexity index is 360. The summed E-state index contributed by atoms with van der Waals surface area (Å²) in [5, 5.41) is 7.10. The molecule has 0 bridgehead atoms. The lowest BCUT2D eigenvalue weighted by Gasteiger charge is -2.27. The topological polar surface area (TPSA) is 60.2 Å². The van der Waals surface area contributed by atoms with E-state index in [0.29, 0.717) is 11.9 Å². The van der Waals surface area contributed by atoms with Crippen molar-refractivity contribution < 1.29 is 9.26 Å². The van der Waals surface area contributed by atoms with Crippen molar-refractivity contribution in [2.24, 2.45) is 0 Å². The van der Waals surface area contributed by atoms with E-state index in [4.69, 9.17) is 9.26 Å². The predicted octanol–water partition coefficient (Wildman–Crippen LogP) is 1.55. The minimum Gasteiger partial charge on any atom is -0.368 e. The van der Waals surface area contributed by atoms with Gasteiger partial charge in [-0.25, -0.2) is 0 Å². The van der Waals surface area contributed by atoms with Gasteiger partial charge in [-0.05, 0) is 34.1 Å². The standard InChI is InChI=1S/C12H21N3O2/c1-11(2)7-9(12(3,4)17-11)13-6-5-10-14-8-15-16-10/h8-9,13H,5-7H2,1-4H3. The molecule has 0 saturated carbocycles. The van der Waals surface area contributed by atoms with Crippen LogP contribution in [0.4, 0.5) is 0 Å². The Hall–Kier alpha value is -0.940. The molecular weight excluding hydrogens is 218 g/mol. The largest absolute Gasteiger partial charge is 0.368 e. The van der Waals surface area contributed by atoms with E-state index in [1.54, 1.807) is 0 Å². The Morgan fingerprint density at radius 1 is 1.41 bits per heavy atom. The first kappa shape index (κ1) is 12.5. The van der Waals surface area contributed by atoms with Gasteiger partial charge in [-0.1, -0.05) is 5.16 Å². The van der Waals surface area contributed by atoms with Crippen LogP contribution < -0.4 is 5.32 Å². The summed E-state index contributed by atoms with van der Waals surface area (Å²) in [5.74, 6) is 0.675. The van der Waals surface area contributed by atoms with Gasteiger partial charge in [0, 0.05) is 19.0 Å². The van der Waals surface area contributed by atoms with Crippen LogP contribution in [-0.4, -0.2) is 33.9 Å². The molecule has 1 atom stereocenters. The molecule has 0 aliphatic carbocycles. The van der Waals surface area contributed by atoms with Gasteiger partial charge in [0.15, 0.2) is 6.33 Å². The Kier molecular flexibility index (Phi) is 3.23. The van der Waals surface area contributed by atoms with Crippen LogP contribution in [0.15, 0.2) is 10.9 Å². The maximum absolute atomic E-state index is 6.02. The number of hydrogen-bond acceptors (Lipinski definition) is 5. The van der Waals surface area contributed by atoms with E-state index >= 15 is 0 Å². The highest BCUT2D eigenvalue weighted by Gasteiger charge is 2.45. The van der Waals surface area contributed by atoms with Crippen molar-refractivity contribution in [1.29, 1.82) is 0 Å². The molecule has 1 saturated heterocycles. The zero-order valence-corrected chi connectivity index (χ0v) is 11.0. The lowest BCUT2D eigenvalue weighted by Crippen LogP contribution is -2.44. The summed E-state index contributed by atoms with van der Waals surface area (Å²) in [4.78, 5) is 4.00. The maximum atomic E-state index is 6.02. The van der Waals surface area contributed by atoms with Gasteiger partial charge >= 0.3 is 0 Å². The Morgan fingerprint density at radius 2 is 2.18 bits per heavy atom. The molecule has 0 amide bonds. The first-order valence-corrected chi connectivity index (χ1v) is 6.08. The first-order valence-electron chi connectivity index (χ1n) is 6.08. The molecule has 1 fully saturated rings. The molecule has 1 aliphatic rings. The van der Waals surface area contributed by atoms with Crippen LogP contribution in [0.5, 0.6) is 0 Å². The molecule has 1 aliphatic heterocycles. The molecule has 2 heterocycles. The van der Waals surface area contributed by atoms with Crippen LogP contribution >= 0.6 is 0 Å². The van der Waals surface area contributed by atoms with E-state index in [0.717, 1.165) is 19.4 Å². The van der Waals surface area contributed by atoms with E-state index in [9.17, 15) is 0 Å². The van der Waals surface area contributed by atoms with Gasteiger partial charge in [-0.3, -0.25) is 0 Å². The molecule has 96 valence electrons. The summed E-state index contributed by atoms with van der Waals surface area (Å²) < 4.78 is 11.0. The molecule has 1 aromatic heterocycles. The molecular formula is C12H21N3O2. The average molecular weight is 239 g/mol. The molecule has 5 heteroatoms. The quantitative estimate of drug-likeness (QED) is 0.863. The Labute approximate surface area is 102 Å². The van der Waals surface area contributed by atoms with Crippen molar-refractivity contribution >= 4 is 0 Å². The van der Waals surface area contributed by atoms with Crippen molar-refractivity contribution in [1.82, 2.24) is 15.5 Å². The zero-order chi connectivity index (χ0) is 12.5. The molecule has 0 spiro atoms. The highest BCUT2D eigenvalue weighted by molar-refractivity contribution is 4.99. The summed E-state index contributed by atoms with van der Waals surface area (Å²) in [6.07, 6.45) is 3.21. The van der Waals surface area contributed by atoms with Crippen molar-refractivity contribution in [3.63, 3.8) is 0 Å². The van der Waals surface area contributed by atoms with E-state index in [2.05, 4.69) is 43.2 Å². The number of hydrogen-bond donors (Lipinski definition) is 1. The van der Waals surface area contributed by atoms with Crippen molar-refractivity contribution in [2.75, 3.05) is 6.54 Å². The molecule has 0 radical (unpaired) electrons. The monoisotopic (exact) mass is 239 g/mol. The number of rotatable bonds is 4. The second-order valence-corrected chi connectivity index (χ2v) is 5.76. The highest BCUT2D eigenvalue weighted by atomic mass is 16.5. The van der Waals surface area contributed by atoms with Gasteiger partial charge < -0.3 is 14.6 Å². The van der Waals surface area contributed by atoms with E-state index in [1.165, 1.54) is 6.33 Å². The summed E-state index contributed by atoms with van der Waals surface area (Å²) in [7, 11) is 0. The predicted molar refractivity (Wildman–Crippen MR) is 63.7 cm³/mol. The Balaban J connectivity index is 1.83. The molecule has 1 unspecified atom stereocenters. The third kappa shape index (κ3) is 3.04. The van der Waals surface area contributed by atoms with Gasteiger partial charge in [0.25, 0.3) is 0 Å². The molecule has 2 rings (SSSR count). The third-order valence-corrected chi connectivity index (χ3v) is 3.21. The fourth-order valence-electron chi connectivity index (χ4n) is 2.54. The summed E-state index contributed by atoms with van der Waals surface area (Å²) in [6.45, 7) is 9.36. The van der Waals surface area contributed by atoms with Crippen LogP contribution in [0.2, 0.25) is 0 Å². The van der Waals surface area contributed by atoms with Gasteiger partial charge in [0.1, 0.15) is 0 Å². The summed E-state index contributed by atoms with van der Waals surface area (Å²) in [5.41, 5.74) is -0.177. The lowest BCUT2D eigenvalue weighted by molar-refractivity contribution is -0.0697. The smallest absolute Gasteiger partial charge is 0.227 e. The second-order valence-electron chi connectivity index (χ2n) is 5.76. The number of nitrogens with one attached hydrogen (secondary N) is 1. The fraction of sp³-hybridized carbons (Fsp3) is 0.833. The van der Waals surface area contributed by atoms with Crippen LogP contribution in [0, 0.1) is 0 Å². The molecule has 0 aromatic carbocycles. The lowest BCUT2D eigenvalue weighted by atomic mass is 9.94. The fourth-order valence-corrected chi connectivity index (χ4v) is 2.54. The van der Waals surface area contributed by atoms with Crippen molar-refractivity contribution in [2.45, 2.75) is 57.8 Å². The SMILES string of the molecule is CC1(C)CC(NCCc2ncno2)C(C)(C)O1. The van der Waals surface area contributed by atoms with Crippen LogP contribution in [0.1, 0.15) is 40.0 Å². The number of nitrogens with zero attached hydrogens (tertiary/aromatic N) is 2. The van der Waals surface area contributed by atoms with E-state index < -0.39 is 0 Å². The molecule has 17 heavy (non-hydrogen) atoms. The summed E-state index contributed by atoms with van der Waals surface area (Å²) in [6, 6.07) is 0.362. The number of ether oxygens (including phenoxy) is 1. The minimum absolute atomic E-state index is 0.0499. The molecule has 1 N–H and O–H groups in total. The first-order chi connectivity index (χ1) is 7.89. The number of aromatic nitrogens is 2. The van der Waals surface area contributed by atoms with E-state index in [1.807, 2.05) is 0 Å². The summed E-state index contributed by atoms with van der Waals surface area (Å²) >= 11 is 0. The second kappa shape index (κ2) is 4.38. The maximum Gasteiger partial charge on any atom is 0.227 e. The van der Waals surface area contributed by atoms with Crippen molar-refractivity contribution in [3.05, 3.63) is 12.2 Å². The van der Waals surface area contributed by atoms with Gasteiger partial charge in [-0.2, -0.15) is 4.98 Å². The van der Waals surface area contributed by atoms with Crippen LogP contribution in [0.25, 0.3) is 0 Å². The van der Waals surface area contributed by atoms with Gasteiger partial charge in [-0.15, -0.1) is 0 Å².